The zero-order valence-electron chi connectivity index (χ0n) is 11.2. The first-order valence-corrected chi connectivity index (χ1v) is 5.78. The number of hydrogen-bond donors (Lipinski definition) is 1. The first-order chi connectivity index (χ1) is 8.38. The molecule has 98 valence electrons. The predicted molar refractivity (Wildman–Crippen MR) is 67.9 cm³/mol. The van der Waals surface area contributed by atoms with E-state index in [0.717, 1.165) is 11.1 Å². The Bertz CT molecular complexity index is 489. The maximum absolute atomic E-state index is 12.1. The van der Waals surface area contributed by atoms with Crippen LogP contribution in [0.3, 0.4) is 0 Å². The van der Waals surface area contributed by atoms with Gasteiger partial charge in [0.1, 0.15) is 5.75 Å². The summed E-state index contributed by atoms with van der Waals surface area (Å²) >= 11 is 0. The van der Waals surface area contributed by atoms with Gasteiger partial charge in [-0.25, -0.2) is 0 Å². The van der Waals surface area contributed by atoms with Crippen LogP contribution in [0.2, 0.25) is 0 Å². The topological polar surface area (TPSA) is 63.6 Å². The molecule has 1 N–H and O–H groups in total. The number of rotatable bonds is 4. The highest BCUT2D eigenvalue weighted by atomic mass is 16.5. The average Bonchev–Trinajstić information content (AvgIpc) is 2.33. The molecule has 0 spiro atoms. The second-order valence-corrected chi connectivity index (χ2v) is 4.34. The molecule has 0 bridgehead atoms. The Morgan fingerprint density at radius 2 is 1.78 bits per heavy atom. The zero-order chi connectivity index (χ0) is 13.9. The molecule has 0 aliphatic rings. The summed E-state index contributed by atoms with van der Waals surface area (Å²) in [5.41, 5.74) is 2.78. The number of benzene rings is 1. The molecule has 0 saturated heterocycles. The number of esters is 1. The first-order valence-electron chi connectivity index (χ1n) is 5.78. The lowest BCUT2D eigenvalue weighted by atomic mass is 9.93. The van der Waals surface area contributed by atoms with Crippen molar-refractivity contribution in [3.63, 3.8) is 0 Å². The fourth-order valence-electron chi connectivity index (χ4n) is 1.93. The molecule has 1 aromatic rings. The van der Waals surface area contributed by atoms with Crippen molar-refractivity contribution in [2.24, 2.45) is 0 Å². The summed E-state index contributed by atoms with van der Waals surface area (Å²) in [4.78, 5) is 23.1. The lowest BCUT2D eigenvalue weighted by Gasteiger charge is -2.12. The standard InChI is InChI=1S/C14H18O4/c1-8-7-12(16)9(2)10(3)14(8)11(15)5-6-13(17)18-4/h7,16H,5-6H2,1-4H3. The van der Waals surface area contributed by atoms with E-state index >= 15 is 0 Å². The Kier molecular flexibility index (Phi) is 4.48. The minimum Gasteiger partial charge on any atom is -0.508 e. The molecule has 0 fully saturated rings. The van der Waals surface area contributed by atoms with E-state index in [0.29, 0.717) is 11.1 Å². The normalized spacial score (nSPS) is 10.2. The Hall–Kier alpha value is -1.84. The highest BCUT2D eigenvalue weighted by Gasteiger charge is 2.17. The largest absolute Gasteiger partial charge is 0.508 e. The van der Waals surface area contributed by atoms with Crippen LogP contribution in [0.1, 0.15) is 39.9 Å². The van der Waals surface area contributed by atoms with Gasteiger partial charge in [0.05, 0.1) is 13.5 Å². The Labute approximate surface area is 107 Å². The van der Waals surface area contributed by atoms with Crippen LogP contribution in [-0.2, 0) is 9.53 Å². The monoisotopic (exact) mass is 250 g/mol. The van der Waals surface area contributed by atoms with Crippen molar-refractivity contribution in [3.05, 3.63) is 28.3 Å². The number of Topliss-reactive ketones (excluding diaryl/α,β-unsaturated/α-hetero) is 1. The molecule has 4 nitrogen and oxygen atoms in total. The van der Waals surface area contributed by atoms with E-state index < -0.39 is 5.97 Å². The number of phenols is 1. The van der Waals surface area contributed by atoms with Gasteiger partial charge in [0, 0.05) is 12.0 Å². The highest BCUT2D eigenvalue weighted by Crippen LogP contribution is 2.27. The number of carbonyl (C=O) groups is 2. The van der Waals surface area contributed by atoms with Gasteiger partial charge in [0.2, 0.25) is 0 Å². The second kappa shape index (κ2) is 5.67. The fourth-order valence-corrected chi connectivity index (χ4v) is 1.93. The van der Waals surface area contributed by atoms with Gasteiger partial charge < -0.3 is 9.84 Å². The van der Waals surface area contributed by atoms with Gasteiger partial charge in [0.15, 0.2) is 5.78 Å². The van der Waals surface area contributed by atoms with Gasteiger partial charge >= 0.3 is 5.97 Å². The number of ketones is 1. The number of hydrogen-bond acceptors (Lipinski definition) is 4. The lowest BCUT2D eigenvalue weighted by Crippen LogP contribution is -2.09. The predicted octanol–water partition coefficient (Wildman–Crippen LogP) is 2.45. The summed E-state index contributed by atoms with van der Waals surface area (Å²) in [5.74, 6) is -0.304. The summed E-state index contributed by atoms with van der Waals surface area (Å²) < 4.78 is 4.51. The van der Waals surface area contributed by atoms with Crippen LogP contribution >= 0.6 is 0 Å². The van der Waals surface area contributed by atoms with Crippen LogP contribution in [0.25, 0.3) is 0 Å². The van der Waals surface area contributed by atoms with Gasteiger partial charge in [-0.05, 0) is 43.5 Å². The Morgan fingerprint density at radius 1 is 1.17 bits per heavy atom. The van der Waals surface area contributed by atoms with Crippen molar-refractivity contribution in [3.8, 4) is 5.75 Å². The summed E-state index contributed by atoms with van der Waals surface area (Å²) in [6.45, 7) is 5.34. The molecule has 0 aliphatic heterocycles. The van der Waals surface area contributed by atoms with E-state index in [1.54, 1.807) is 26.8 Å². The van der Waals surface area contributed by atoms with Gasteiger partial charge in [-0.3, -0.25) is 9.59 Å². The van der Waals surface area contributed by atoms with E-state index in [9.17, 15) is 14.7 Å². The van der Waals surface area contributed by atoms with Crippen LogP contribution in [0.5, 0.6) is 5.75 Å². The maximum Gasteiger partial charge on any atom is 0.305 e. The first kappa shape index (κ1) is 14.2. The number of aromatic hydroxyl groups is 1. The number of ether oxygens (including phenoxy) is 1. The molecule has 0 aromatic heterocycles. The van der Waals surface area contributed by atoms with Crippen molar-refractivity contribution >= 4 is 11.8 Å². The summed E-state index contributed by atoms with van der Waals surface area (Å²) in [6, 6.07) is 1.58. The number of methoxy groups -OCH3 is 1. The smallest absolute Gasteiger partial charge is 0.305 e. The molecule has 0 unspecified atom stereocenters. The molecule has 0 saturated carbocycles. The van der Waals surface area contributed by atoms with Crippen molar-refractivity contribution in [2.45, 2.75) is 33.6 Å². The van der Waals surface area contributed by atoms with E-state index in [2.05, 4.69) is 4.74 Å². The van der Waals surface area contributed by atoms with Crippen molar-refractivity contribution in [2.75, 3.05) is 7.11 Å². The quantitative estimate of drug-likeness (QED) is 0.658. The zero-order valence-corrected chi connectivity index (χ0v) is 11.2. The molecule has 1 aromatic carbocycles. The van der Waals surface area contributed by atoms with Crippen LogP contribution in [0, 0.1) is 20.8 Å². The van der Waals surface area contributed by atoms with Crippen LogP contribution in [-0.4, -0.2) is 24.0 Å². The van der Waals surface area contributed by atoms with Crippen molar-refractivity contribution in [1.82, 2.24) is 0 Å². The van der Waals surface area contributed by atoms with Crippen molar-refractivity contribution < 1.29 is 19.4 Å². The Balaban J connectivity index is 2.99. The molecule has 0 amide bonds. The lowest BCUT2D eigenvalue weighted by molar-refractivity contribution is -0.140. The van der Waals surface area contributed by atoms with Gasteiger partial charge in [-0.1, -0.05) is 0 Å². The molecular formula is C14H18O4. The number of phenolic OH excluding ortho intramolecular Hbond substituents is 1. The second-order valence-electron chi connectivity index (χ2n) is 4.34. The molecule has 0 heterocycles. The molecule has 18 heavy (non-hydrogen) atoms. The van der Waals surface area contributed by atoms with Crippen LogP contribution in [0.15, 0.2) is 6.07 Å². The fraction of sp³-hybridized carbons (Fsp3) is 0.429. The Morgan fingerprint density at radius 3 is 2.33 bits per heavy atom. The number of aryl methyl sites for hydroxylation is 1. The van der Waals surface area contributed by atoms with E-state index in [1.165, 1.54) is 7.11 Å². The average molecular weight is 250 g/mol. The highest BCUT2D eigenvalue weighted by molar-refractivity contribution is 6.00. The summed E-state index contributed by atoms with van der Waals surface area (Å²) in [7, 11) is 1.30. The van der Waals surface area contributed by atoms with Crippen LogP contribution in [0.4, 0.5) is 0 Å². The molecule has 4 heteroatoms. The van der Waals surface area contributed by atoms with Crippen LogP contribution < -0.4 is 0 Å². The SMILES string of the molecule is COC(=O)CCC(=O)c1c(C)cc(O)c(C)c1C. The summed E-state index contributed by atoms with van der Waals surface area (Å²) in [6.07, 6.45) is 0.201. The number of carbonyl (C=O) groups excluding carboxylic acids is 2. The minimum atomic E-state index is -0.394. The third kappa shape index (κ3) is 2.88. The molecule has 0 atom stereocenters. The molecule has 0 aliphatic carbocycles. The van der Waals surface area contributed by atoms with E-state index in [4.69, 9.17) is 0 Å². The van der Waals surface area contributed by atoms with E-state index in [1.807, 2.05) is 0 Å². The maximum atomic E-state index is 12.1. The third-order valence-corrected chi connectivity index (χ3v) is 3.13. The summed E-state index contributed by atoms with van der Waals surface area (Å²) in [5, 5.41) is 9.66. The van der Waals surface area contributed by atoms with Gasteiger partial charge in [-0.2, -0.15) is 0 Å². The van der Waals surface area contributed by atoms with Gasteiger partial charge in [0.25, 0.3) is 0 Å². The van der Waals surface area contributed by atoms with Crippen molar-refractivity contribution in [1.29, 1.82) is 0 Å². The molecule has 1 rings (SSSR count). The van der Waals surface area contributed by atoms with Gasteiger partial charge in [-0.15, -0.1) is 0 Å². The molecular weight excluding hydrogens is 232 g/mol. The molecule has 0 radical (unpaired) electrons. The van der Waals surface area contributed by atoms with E-state index in [-0.39, 0.29) is 24.4 Å². The minimum absolute atomic E-state index is 0.0775. The third-order valence-electron chi connectivity index (χ3n) is 3.13.